The Morgan fingerprint density at radius 1 is 1.25 bits per heavy atom. The zero-order valence-electron chi connectivity index (χ0n) is 6.22. The minimum Gasteiger partial charge on any atom is -0.321 e. The van der Waals surface area contributed by atoms with E-state index in [4.69, 9.17) is 28.9 Å². The van der Waals surface area contributed by atoms with Crippen LogP contribution in [0.25, 0.3) is 0 Å². The lowest BCUT2D eigenvalue weighted by Gasteiger charge is -2.10. The third kappa shape index (κ3) is 1.18. The number of halogens is 2. The lowest BCUT2D eigenvalue weighted by atomic mass is 10.1. The molecule has 3 nitrogen and oxygen atoms in total. The molecule has 1 aliphatic rings. The molecule has 1 aliphatic carbocycles. The van der Waals surface area contributed by atoms with Gasteiger partial charge in [-0.05, 0) is 12.8 Å². The number of nitrogens with two attached hydrogens (primary N) is 1. The second kappa shape index (κ2) is 2.55. The molecule has 0 spiro atoms. The van der Waals surface area contributed by atoms with E-state index >= 15 is 0 Å². The lowest BCUT2D eigenvalue weighted by Crippen LogP contribution is -2.20. The second-order valence-electron chi connectivity index (χ2n) is 2.99. The van der Waals surface area contributed by atoms with Crippen molar-refractivity contribution in [2.24, 2.45) is 5.73 Å². The minimum atomic E-state index is -0.366. The molecule has 64 valence electrons. The van der Waals surface area contributed by atoms with Gasteiger partial charge in [-0.2, -0.15) is 0 Å². The van der Waals surface area contributed by atoms with Crippen molar-refractivity contribution in [3.63, 3.8) is 0 Å². The molecule has 0 unspecified atom stereocenters. The SMILES string of the molecule is NC1(c2c(Cl)ncnc2Cl)CC1. The molecule has 0 aliphatic heterocycles. The summed E-state index contributed by atoms with van der Waals surface area (Å²) in [5.41, 5.74) is 6.24. The highest BCUT2D eigenvalue weighted by molar-refractivity contribution is 6.34. The molecule has 0 atom stereocenters. The lowest BCUT2D eigenvalue weighted by molar-refractivity contribution is 0.729. The summed E-state index contributed by atoms with van der Waals surface area (Å²) < 4.78 is 0. The van der Waals surface area contributed by atoms with Gasteiger partial charge in [0.15, 0.2) is 0 Å². The zero-order chi connectivity index (χ0) is 8.77. The molecule has 1 aromatic heterocycles. The highest BCUT2D eigenvalue weighted by Gasteiger charge is 2.44. The van der Waals surface area contributed by atoms with E-state index < -0.39 is 0 Å². The molecule has 5 heteroatoms. The predicted octanol–water partition coefficient (Wildman–Crippen LogP) is 1.73. The third-order valence-electron chi connectivity index (χ3n) is 2.04. The molecule has 0 aromatic carbocycles. The number of aromatic nitrogens is 2. The van der Waals surface area contributed by atoms with Gasteiger partial charge < -0.3 is 5.73 Å². The first-order valence-corrected chi connectivity index (χ1v) is 4.34. The first-order chi connectivity index (χ1) is 5.63. The summed E-state index contributed by atoms with van der Waals surface area (Å²) in [6, 6.07) is 0. The van der Waals surface area contributed by atoms with Crippen LogP contribution in [0.5, 0.6) is 0 Å². The summed E-state index contributed by atoms with van der Waals surface area (Å²) >= 11 is 11.7. The fourth-order valence-corrected chi connectivity index (χ4v) is 1.83. The van der Waals surface area contributed by atoms with Crippen LogP contribution in [-0.2, 0) is 5.54 Å². The number of hydrogen-bond donors (Lipinski definition) is 1. The summed E-state index contributed by atoms with van der Waals surface area (Å²) in [5, 5.41) is 0.741. The third-order valence-corrected chi connectivity index (χ3v) is 2.61. The van der Waals surface area contributed by atoms with Gasteiger partial charge in [-0.3, -0.25) is 0 Å². The summed E-state index contributed by atoms with van der Waals surface area (Å²) in [6.45, 7) is 0. The van der Waals surface area contributed by atoms with Crippen molar-refractivity contribution in [2.45, 2.75) is 18.4 Å². The highest BCUT2D eigenvalue weighted by atomic mass is 35.5. The molecule has 1 saturated carbocycles. The number of nitrogens with zero attached hydrogens (tertiary/aromatic N) is 2. The molecular formula is C7H7Cl2N3. The molecular weight excluding hydrogens is 197 g/mol. The Balaban J connectivity index is 2.55. The van der Waals surface area contributed by atoms with E-state index in [1.807, 2.05) is 0 Å². The second-order valence-corrected chi connectivity index (χ2v) is 3.70. The van der Waals surface area contributed by atoms with Gasteiger partial charge in [0.1, 0.15) is 16.6 Å². The Labute approximate surface area is 79.9 Å². The van der Waals surface area contributed by atoms with E-state index in [9.17, 15) is 0 Å². The van der Waals surface area contributed by atoms with Gasteiger partial charge in [-0.1, -0.05) is 23.2 Å². The van der Waals surface area contributed by atoms with Crippen LogP contribution < -0.4 is 5.73 Å². The molecule has 1 heterocycles. The van der Waals surface area contributed by atoms with Gasteiger partial charge in [-0.15, -0.1) is 0 Å². The molecule has 2 rings (SSSR count). The van der Waals surface area contributed by atoms with Gasteiger partial charge in [-0.25, -0.2) is 9.97 Å². The summed E-state index contributed by atoms with van der Waals surface area (Å²) in [7, 11) is 0. The van der Waals surface area contributed by atoms with E-state index in [-0.39, 0.29) is 5.54 Å². The van der Waals surface area contributed by atoms with Crippen LogP contribution in [0, 0.1) is 0 Å². The van der Waals surface area contributed by atoms with E-state index in [0.29, 0.717) is 15.9 Å². The first-order valence-electron chi connectivity index (χ1n) is 3.59. The van der Waals surface area contributed by atoms with Gasteiger partial charge in [0, 0.05) is 11.1 Å². The van der Waals surface area contributed by atoms with Crippen LogP contribution in [0.15, 0.2) is 6.33 Å². The molecule has 2 N–H and O–H groups in total. The molecule has 0 amide bonds. The van der Waals surface area contributed by atoms with Crippen molar-refractivity contribution in [2.75, 3.05) is 0 Å². The topological polar surface area (TPSA) is 51.8 Å². The van der Waals surface area contributed by atoms with Crippen LogP contribution in [0.3, 0.4) is 0 Å². The average Bonchev–Trinajstić information content (AvgIpc) is 2.68. The van der Waals surface area contributed by atoms with E-state index in [0.717, 1.165) is 12.8 Å². The quantitative estimate of drug-likeness (QED) is 0.708. The van der Waals surface area contributed by atoms with Crippen LogP contribution >= 0.6 is 23.2 Å². The first kappa shape index (κ1) is 8.23. The Morgan fingerprint density at radius 2 is 1.75 bits per heavy atom. The molecule has 1 fully saturated rings. The Kier molecular flexibility index (Phi) is 1.75. The normalized spacial score (nSPS) is 19.2. The molecule has 0 bridgehead atoms. The summed E-state index contributed by atoms with van der Waals surface area (Å²) in [5.74, 6) is 0. The van der Waals surface area contributed by atoms with Gasteiger partial charge in [0.25, 0.3) is 0 Å². The molecule has 0 radical (unpaired) electrons. The Hall–Kier alpha value is -0.380. The van der Waals surface area contributed by atoms with Crippen molar-refractivity contribution in [1.29, 1.82) is 0 Å². The number of rotatable bonds is 1. The standard InChI is InChI=1S/C7H7Cl2N3/c8-5-4(7(10)1-2-7)6(9)12-3-11-5/h3H,1-2,10H2. The Morgan fingerprint density at radius 3 is 2.17 bits per heavy atom. The predicted molar refractivity (Wildman–Crippen MR) is 47.2 cm³/mol. The smallest absolute Gasteiger partial charge is 0.139 e. The van der Waals surface area contributed by atoms with Gasteiger partial charge >= 0.3 is 0 Å². The van der Waals surface area contributed by atoms with Crippen molar-refractivity contribution in [1.82, 2.24) is 9.97 Å². The van der Waals surface area contributed by atoms with Gasteiger partial charge in [0.05, 0.1) is 0 Å². The summed E-state index contributed by atoms with van der Waals surface area (Å²) in [4.78, 5) is 7.67. The monoisotopic (exact) mass is 203 g/mol. The van der Waals surface area contributed by atoms with E-state index in [1.165, 1.54) is 6.33 Å². The van der Waals surface area contributed by atoms with Crippen molar-refractivity contribution < 1.29 is 0 Å². The van der Waals surface area contributed by atoms with Crippen LogP contribution in [0.4, 0.5) is 0 Å². The van der Waals surface area contributed by atoms with Crippen LogP contribution in [-0.4, -0.2) is 9.97 Å². The van der Waals surface area contributed by atoms with Gasteiger partial charge in [0.2, 0.25) is 0 Å². The zero-order valence-corrected chi connectivity index (χ0v) is 7.73. The fourth-order valence-electron chi connectivity index (χ4n) is 1.14. The maximum Gasteiger partial charge on any atom is 0.139 e. The van der Waals surface area contributed by atoms with Crippen LogP contribution in [0.1, 0.15) is 18.4 Å². The average molecular weight is 204 g/mol. The van der Waals surface area contributed by atoms with E-state index in [1.54, 1.807) is 0 Å². The highest BCUT2D eigenvalue weighted by Crippen LogP contribution is 2.47. The maximum absolute atomic E-state index is 5.92. The maximum atomic E-state index is 5.92. The largest absolute Gasteiger partial charge is 0.321 e. The van der Waals surface area contributed by atoms with Crippen molar-refractivity contribution in [3.8, 4) is 0 Å². The van der Waals surface area contributed by atoms with E-state index in [2.05, 4.69) is 9.97 Å². The molecule has 12 heavy (non-hydrogen) atoms. The molecule has 0 saturated heterocycles. The van der Waals surface area contributed by atoms with Crippen molar-refractivity contribution in [3.05, 3.63) is 22.2 Å². The number of hydrogen-bond acceptors (Lipinski definition) is 3. The minimum absolute atomic E-state index is 0.366. The Bertz CT molecular complexity index is 302. The van der Waals surface area contributed by atoms with Crippen LogP contribution in [0.2, 0.25) is 10.3 Å². The van der Waals surface area contributed by atoms with Crippen molar-refractivity contribution >= 4 is 23.2 Å². The molecule has 1 aromatic rings. The summed E-state index contributed by atoms with van der Waals surface area (Å²) in [6.07, 6.45) is 3.14. The fraction of sp³-hybridized carbons (Fsp3) is 0.429.